The number of aliphatic carboxylic acids is 1. The molecule has 2 N–H and O–H groups in total. The number of carboxylic acids is 1. The minimum absolute atomic E-state index is 0.116. The monoisotopic (exact) mass is 285 g/mol. The summed E-state index contributed by atoms with van der Waals surface area (Å²) in [6.07, 6.45) is 1.32. The highest BCUT2D eigenvalue weighted by atomic mass is 32.1. The Bertz CT molecular complexity index is 445. The number of rotatable bonds is 7. The fourth-order valence-corrected chi connectivity index (χ4v) is 2.43. The molecule has 0 bridgehead atoms. The summed E-state index contributed by atoms with van der Waals surface area (Å²) < 4.78 is 3.78. The summed E-state index contributed by atoms with van der Waals surface area (Å²) in [5.74, 6) is -1.60. The molecule has 1 rings (SSSR count). The molecule has 7 heteroatoms. The SMILES string of the molecule is CCCC(CNC(=O)c1snnc1C(C)C)C(=O)O. The molecule has 0 saturated heterocycles. The zero-order valence-electron chi connectivity index (χ0n) is 11.3. The van der Waals surface area contributed by atoms with Crippen molar-refractivity contribution in [3.63, 3.8) is 0 Å². The van der Waals surface area contributed by atoms with Gasteiger partial charge in [0.25, 0.3) is 5.91 Å². The zero-order valence-corrected chi connectivity index (χ0v) is 12.2. The van der Waals surface area contributed by atoms with E-state index in [0.29, 0.717) is 17.0 Å². The van der Waals surface area contributed by atoms with E-state index >= 15 is 0 Å². The lowest BCUT2D eigenvalue weighted by Crippen LogP contribution is -2.33. The van der Waals surface area contributed by atoms with Crippen LogP contribution in [-0.2, 0) is 4.79 Å². The fraction of sp³-hybridized carbons (Fsp3) is 0.667. The summed E-state index contributed by atoms with van der Waals surface area (Å²) >= 11 is 1.04. The largest absolute Gasteiger partial charge is 0.481 e. The number of carboxylic acid groups (broad SMARTS) is 1. The van der Waals surface area contributed by atoms with Crippen LogP contribution in [0.3, 0.4) is 0 Å². The van der Waals surface area contributed by atoms with E-state index in [0.717, 1.165) is 18.0 Å². The highest BCUT2D eigenvalue weighted by Crippen LogP contribution is 2.19. The van der Waals surface area contributed by atoms with Crippen LogP contribution in [0, 0.1) is 5.92 Å². The number of hydrogen-bond donors (Lipinski definition) is 2. The van der Waals surface area contributed by atoms with Crippen molar-refractivity contribution in [2.45, 2.75) is 39.5 Å². The van der Waals surface area contributed by atoms with Gasteiger partial charge in [-0.1, -0.05) is 31.7 Å². The van der Waals surface area contributed by atoms with Gasteiger partial charge < -0.3 is 10.4 Å². The predicted octanol–water partition coefficient (Wildman–Crippen LogP) is 1.89. The number of carbonyl (C=O) groups excluding carboxylic acids is 1. The van der Waals surface area contributed by atoms with Crippen LogP contribution in [0.15, 0.2) is 0 Å². The van der Waals surface area contributed by atoms with Crippen LogP contribution in [0.5, 0.6) is 0 Å². The second-order valence-electron chi connectivity index (χ2n) is 4.68. The van der Waals surface area contributed by atoms with E-state index in [1.165, 1.54) is 0 Å². The molecule has 19 heavy (non-hydrogen) atoms. The van der Waals surface area contributed by atoms with E-state index in [-0.39, 0.29) is 18.4 Å². The lowest BCUT2D eigenvalue weighted by atomic mass is 10.0. The van der Waals surface area contributed by atoms with Gasteiger partial charge in [-0.2, -0.15) is 0 Å². The van der Waals surface area contributed by atoms with Gasteiger partial charge in [-0.25, -0.2) is 0 Å². The van der Waals surface area contributed by atoms with Gasteiger partial charge in [-0.05, 0) is 23.9 Å². The lowest BCUT2D eigenvalue weighted by Gasteiger charge is -2.12. The Kier molecular flexibility index (Phi) is 5.88. The molecule has 1 heterocycles. The summed E-state index contributed by atoms with van der Waals surface area (Å²) in [6, 6.07) is 0. The first-order chi connectivity index (χ1) is 8.97. The summed E-state index contributed by atoms with van der Waals surface area (Å²) in [4.78, 5) is 23.4. The third-order valence-electron chi connectivity index (χ3n) is 2.76. The molecule has 0 radical (unpaired) electrons. The van der Waals surface area contributed by atoms with Crippen molar-refractivity contribution in [3.05, 3.63) is 10.6 Å². The first-order valence-electron chi connectivity index (χ1n) is 6.30. The molecule has 1 aromatic heterocycles. The maximum atomic E-state index is 12.0. The van der Waals surface area contributed by atoms with Gasteiger partial charge in [0.2, 0.25) is 0 Å². The average molecular weight is 285 g/mol. The van der Waals surface area contributed by atoms with Crippen molar-refractivity contribution in [1.82, 2.24) is 14.9 Å². The van der Waals surface area contributed by atoms with Gasteiger partial charge in [0.1, 0.15) is 4.88 Å². The van der Waals surface area contributed by atoms with Crippen LogP contribution in [0.2, 0.25) is 0 Å². The smallest absolute Gasteiger partial charge is 0.308 e. The molecule has 1 amide bonds. The van der Waals surface area contributed by atoms with E-state index in [1.54, 1.807) is 0 Å². The molecular weight excluding hydrogens is 266 g/mol. The lowest BCUT2D eigenvalue weighted by molar-refractivity contribution is -0.141. The fourth-order valence-electron chi connectivity index (χ4n) is 1.69. The second kappa shape index (κ2) is 7.18. The Hall–Kier alpha value is -1.50. The Labute approximate surface area is 116 Å². The van der Waals surface area contributed by atoms with Crippen molar-refractivity contribution in [3.8, 4) is 0 Å². The van der Waals surface area contributed by atoms with Crippen LogP contribution in [0.1, 0.15) is 54.9 Å². The molecule has 1 atom stereocenters. The molecule has 106 valence electrons. The Morgan fingerprint density at radius 2 is 2.11 bits per heavy atom. The van der Waals surface area contributed by atoms with E-state index in [4.69, 9.17) is 5.11 Å². The van der Waals surface area contributed by atoms with Crippen LogP contribution < -0.4 is 5.32 Å². The van der Waals surface area contributed by atoms with E-state index in [1.807, 2.05) is 20.8 Å². The van der Waals surface area contributed by atoms with Gasteiger partial charge in [-0.3, -0.25) is 9.59 Å². The first-order valence-corrected chi connectivity index (χ1v) is 7.07. The zero-order chi connectivity index (χ0) is 14.4. The number of nitrogens with zero attached hydrogens (tertiary/aromatic N) is 2. The molecule has 0 spiro atoms. The summed E-state index contributed by atoms with van der Waals surface area (Å²) in [5, 5.41) is 15.6. The van der Waals surface area contributed by atoms with Crippen LogP contribution >= 0.6 is 11.5 Å². The average Bonchev–Trinajstić information content (AvgIpc) is 2.82. The van der Waals surface area contributed by atoms with Crippen molar-refractivity contribution in [1.29, 1.82) is 0 Å². The molecule has 0 aromatic carbocycles. The summed E-state index contributed by atoms with van der Waals surface area (Å²) in [7, 11) is 0. The molecule has 0 saturated carbocycles. The second-order valence-corrected chi connectivity index (χ2v) is 5.43. The van der Waals surface area contributed by atoms with Crippen LogP contribution in [0.4, 0.5) is 0 Å². The van der Waals surface area contributed by atoms with Crippen molar-refractivity contribution < 1.29 is 14.7 Å². The molecule has 0 aliphatic heterocycles. The number of carbonyl (C=O) groups is 2. The van der Waals surface area contributed by atoms with Crippen molar-refractivity contribution in [2.24, 2.45) is 5.92 Å². The minimum Gasteiger partial charge on any atom is -0.481 e. The molecule has 0 aliphatic rings. The highest BCUT2D eigenvalue weighted by Gasteiger charge is 2.21. The summed E-state index contributed by atoms with van der Waals surface area (Å²) in [6.45, 7) is 5.93. The number of amides is 1. The number of aromatic nitrogens is 2. The topological polar surface area (TPSA) is 92.2 Å². The maximum absolute atomic E-state index is 12.0. The molecule has 1 unspecified atom stereocenters. The van der Waals surface area contributed by atoms with Crippen molar-refractivity contribution >= 4 is 23.4 Å². The number of hydrogen-bond acceptors (Lipinski definition) is 5. The first kappa shape index (κ1) is 15.6. The predicted molar refractivity (Wildman–Crippen MR) is 72.4 cm³/mol. The maximum Gasteiger partial charge on any atom is 0.308 e. The highest BCUT2D eigenvalue weighted by molar-refractivity contribution is 7.08. The summed E-state index contributed by atoms with van der Waals surface area (Å²) in [5.41, 5.74) is 0.657. The Balaban J connectivity index is 2.64. The van der Waals surface area contributed by atoms with Gasteiger partial charge in [0.15, 0.2) is 0 Å². The molecule has 6 nitrogen and oxygen atoms in total. The minimum atomic E-state index is -0.881. The Morgan fingerprint density at radius 1 is 1.42 bits per heavy atom. The molecular formula is C12H19N3O3S. The molecule has 0 fully saturated rings. The van der Waals surface area contributed by atoms with Gasteiger partial charge in [0, 0.05) is 6.54 Å². The van der Waals surface area contributed by atoms with E-state index in [9.17, 15) is 9.59 Å². The van der Waals surface area contributed by atoms with Crippen molar-refractivity contribution in [2.75, 3.05) is 6.54 Å². The Morgan fingerprint density at radius 3 is 2.63 bits per heavy atom. The normalized spacial score (nSPS) is 12.4. The molecule has 0 aliphatic carbocycles. The van der Waals surface area contributed by atoms with Gasteiger partial charge >= 0.3 is 5.97 Å². The van der Waals surface area contributed by atoms with Crippen LogP contribution in [-0.4, -0.2) is 33.1 Å². The van der Waals surface area contributed by atoms with Gasteiger partial charge in [-0.15, -0.1) is 5.10 Å². The third kappa shape index (κ3) is 4.27. The van der Waals surface area contributed by atoms with E-state index < -0.39 is 11.9 Å². The molecule has 1 aromatic rings. The van der Waals surface area contributed by atoms with Gasteiger partial charge in [0.05, 0.1) is 11.6 Å². The van der Waals surface area contributed by atoms with Crippen LogP contribution in [0.25, 0.3) is 0 Å². The quantitative estimate of drug-likeness (QED) is 0.798. The van der Waals surface area contributed by atoms with E-state index in [2.05, 4.69) is 14.9 Å². The standard InChI is InChI=1S/C12H19N3O3S/c1-4-5-8(12(17)18)6-13-11(16)10-9(7(2)3)14-15-19-10/h7-8H,4-6H2,1-3H3,(H,13,16)(H,17,18). The third-order valence-corrected chi connectivity index (χ3v) is 3.50. The number of nitrogens with one attached hydrogen (secondary N) is 1.